The van der Waals surface area contributed by atoms with Crippen LogP contribution in [-0.4, -0.2) is 29.9 Å². The van der Waals surface area contributed by atoms with Gasteiger partial charge in [-0.05, 0) is 25.8 Å². The van der Waals surface area contributed by atoms with Gasteiger partial charge in [-0.25, -0.2) is 0 Å². The molecule has 1 atom stereocenters. The first-order valence-corrected chi connectivity index (χ1v) is 7.20. The summed E-state index contributed by atoms with van der Waals surface area (Å²) >= 11 is 6.12. The first-order valence-electron chi connectivity index (χ1n) is 6.82. The van der Waals surface area contributed by atoms with E-state index in [1.165, 1.54) is 0 Å². The molecule has 0 saturated carbocycles. The van der Waals surface area contributed by atoms with Gasteiger partial charge in [0.05, 0.1) is 5.02 Å². The van der Waals surface area contributed by atoms with Crippen LogP contribution < -0.4 is 5.73 Å². The number of benzene rings is 1. The topological polar surface area (TPSA) is 59.5 Å². The van der Waals surface area contributed by atoms with Crippen LogP contribution in [0.5, 0.6) is 0 Å². The van der Waals surface area contributed by atoms with Gasteiger partial charge in [0, 0.05) is 30.1 Å². The molecule has 2 aromatic rings. The monoisotopic (exact) mass is 292 g/mol. The van der Waals surface area contributed by atoms with Crippen LogP contribution in [0, 0.1) is 6.92 Å². The number of fused-ring (bicyclic) bond motifs is 1. The van der Waals surface area contributed by atoms with Gasteiger partial charge < -0.3 is 15.1 Å². The number of carbonyl (C=O) groups is 1. The molecule has 2 heterocycles. The van der Waals surface area contributed by atoms with Crippen molar-refractivity contribution >= 4 is 28.5 Å². The molecule has 1 aromatic heterocycles. The van der Waals surface area contributed by atoms with Crippen LogP contribution in [-0.2, 0) is 0 Å². The summed E-state index contributed by atoms with van der Waals surface area (Å²) in [7, 11) is 0. The molecule has 2 N–H and O–H groups in total. The molecule has 1 amide bonds. The van der Waals surface area contributed by atoms with Crippen LogP contribution in [0.25, 0.3) is 11.0 Å². The van der Waals surface area contributed by atoms with E-state index < -0.39 is 0 Å². The number of nitrogens with zero attached hydrogens (tertiary/aromatic N) is 1. The van der Waals surface area contributed by atoms with Crippen molar-refractivity contribution in [3.8, 4) is 0 Å². The second-order valence-electron chi connectivity index (χ2n) is 5.20. The third-order valence-corrected chi connectivity index (χ3v) is 4.32. The predicted octanol–water partition coefficient (Wildman–Crippen LogP) is 2.96. The van der Waals surface area contributed by atoms with E-state index in [4.69, 9.17) is 21.8 Å². The highest BCUT2D eigenvalue weighted by Gasteiger charge is 2.31. The molecule has 4 nitrogen and oxygen atoms in total. The molecule has 1 fully saturated rings. The van der Waals surface area contributed by atoms with Crippen molar-refractivity contribution in [2.75, 3.05) is 13.1 Å². The number of rotatable bonds is 2. The molecule has 1 aliphatic rings. The maximum atomic E-state index is 12.7. The van der Waals surface area contributed by atoms with Gasteiger partial charge in [-0.1, -0.05) is 23.7 Å². The normalized spacial score (nSPS) is 18.9. The van der Waals surface area contributed by atoms with E-state index in [1.54, 1.807) is 6.07 Å². The minimum Gasteiger partial charge on any atom is -0.449 e. The van der Waals surface area contributed by atoms with Crippen LogP contribution in [0.3, 0.4) is 0 Å². The van der Waals surface area contributed by atoms with E-state index in [9.17, 15) is 4.79 Å². The summed E-state index contributed by atoms with van der Waals surface area (Å²) in [5.41, 5.74) is 7.16. The van der Waals surface area contributed by atoms with E-state index in [0.29, 0.717) is 22.9 Å². The number of amides is 1. The fourth-order valence-electron chi connectivity index (χ4n) is 2.89. The molecule has 3 rings (SSSR count). The standard InChI is InChI=1S/C15H17ClN2O2/c1-9-11-5-2-6-12(16)14(11)20-13(9)15(19)18-7-3-4-10(18)8-17/h2,5-6,10H,3-4,7-8,17H2,1H3. The number of hydrogen-bond donors (Lipinski definition) is 1. The molecular weight excluding hydrogens is 276 g/mol. The second kappa shape index (κ2) is 5.11. The Morgan fingerprint density at radius 3 is 3.05 bits per heavy atom. The number of nitrogens with two attached hydrogens (primary N) is 1. The minimum absolute atomic E-state index is 0.0808. The number of aryl methyl sites for hydroxylation is 1. The molecule has 0 bridgehead atoms. The Bertz CT molecular complexity index is 665. The second-order valence-corrected chi connectivity index (χ2v) is 5.61. The van der Waals surface area contributed by atoms with Crippen molar-refractivity contribution < 1.29 is 9.21 Å². The minimum atomic E-state index is -0.0808. The molecule has 1 aliphatic heterocycles. The summed E-state index contributed by atoms with van der Waals surface area (Å²) in [5, 5.41) is 1.42. The van der Waals surface area contributed by atoms with Crippen molar-refractivity contribution in [2.45, 2.75) is 25.8 Å². The Labute approximate surface area is 122 Å². The van der Waals surface area contributed by atoms with Crippen molar-refractivity contribution in [1.82, 2.24) is 4.90 Å². The SMILES string of the molecule is Cc1c(C(=O)N2CCCC2CN)oc2c(Cl)cccc12. The summed E-state index contributed by atoms with van der Waals surface area (Å²) in [4.78, 5) is 14.5. The summed E-state index contributed by atoms with van der Waals surface area (Å²) in [5.74, 6) is 0.302. The number of hydrogen-bond acceptors (Lipinski definition) is 3. The van der Waals surface area contributed by atoms with Crippen LogP contribution in [0.4, 0.5) is 0 Å². The number of furan rings is 1. The van der Waals surface area contributed by atoms with Crippen LogP contribution in [0.1, 0.15) is 29.0 Å². The van der Waals surface area contributed by atoms with E-state index in [0.717, 1.165) is 30.3 Å². The molecule has 106 valence electrons. The highest BCUT2D eigenvalue weighted by Crippen LogP contribution is 2.32. The largest absolute Gasteiger partial charge is 0.449 e. The third-order valence-electron chi connectivity index (χ3n) is 4.02. The van der Waals surface area contributed by atoms with Crippen LogP contribution >= 0.6 is 11.6 Å². The molecule has 5 heteroatoms. The van der Waals surface area contributed by atoms with Crippen LogP contribution in [0.15, 0.2) is 22.6 Å². The van der Waals surface area contributed by atoms with Gasteiger partial charge in [-0.2, -0.15) is 0 Å². The molecule has 0 spiro atoms. The molecular formula is C15H17ClN2O2. The summed E-state index contributed by atoms with van der Waals surface area (Å²) in [6.45, 7) is 3.12. The zero-order valence-electron chi connectivity index (χ0n) is 11.4. The van der Waals surface area contributed by atoms with Crippen molar-refractivity contribution in [2.24, 2.45) is 5.73 Å². The summed E-state index contributed by atoms with van der Waals surface area (Å²) in [6.07, 6.45) is 1.95. The molecule has 0 radical (unpaired) electrons. The van der Waals surface area contributed by atoms with Crippen LogP contribution in [0.2, 0.25) is 5.02 Å². The number of halogens is 1. The Hall–Kier alpha value is -1.52. The quantitative estimate of drug-likeness (QED) is 0.926. The zero-order chi connectivity index (χ0) is 14.3. The van der Waals surface area contributed by atoms with E-state index >= 15 is 0 Å². The number of likely N-dealkylation sites (tertiary alicyclic amines) is 1. The summed E-state index contributed by atoms with van der Waals surface area (Å²) < 4.78 is 5.73. The van der Waals surface area contributed by atoms with E-state index in [-0.39, 0.29) is 11.9 Å². The van der Waals surface area contributed by atoms with E-state index in [2.05, 4.69) is 0 Å². The Kier molecular flexibility index (Phi) is 3.44. The first kappa shape index (κ1) is 13.5. The lowest BCUT2D eigenvalue weighted by atomic mass is 10.1. The Balaban J connectivity index is 2.04. The third kappa shape index (κ3) is 2.00. The van der Waals surface area contributed by atoms with Gasteiger partial charge in [-0.15, -0.1) is 0 Å². The lowest BCUT2D eigenvalue weighted by Crippen LogP contribution is -2.40. The van der Waals surface area contributed by atoms with Gasteiger partial charge in [0.2, 0.25) is 0 Å². The fraction of sp³-hybridized carbons (Fsp3) is 0.400. The average Bonchev–Trinajstić information content (AvgIpc) is 3.04. The maximum Gasteiger partial charge on any atom is 0.290 e. The van der Waals surface area contributed by atoms with E-state index in [1.807, 2.05) is 24.0 Å². The molecule has 1 aromatic carbocycles. The number of carbonyl (C=O) groups excluding carboxylic acids is 1. The Morgan fingerprint density at radius 1 is 1.55 bits per heavy atom. The molecule has 1 saturated heterocycles. The highest BCUT2D eigenvalue weighted by atomic mass is 35.5. The smallest absolute Gasteiger partial charge is 0.290 e. The Morgan fingerprint density at radius 2 is 2.35 bits per heavy atom. The van der Waals surface area contributed by atoms with Gasteiger partial charge in [0.15, 0.2) is 11.3 Å². The van der Waals surface area contributed by atoms with Crippen molar-refractivity contribution in [3.63, 3.8) is 0 Å². The molecule has 0 aliphatic carbocycles. The van der Waals surface area contributed by atoms with Gasteiger partial charge in [0.1, 0.15) is 0 Å². The lowest BCUT2D eigenvalue weighted by molar-refractivity contribution is 0.0710. The lowest BCUT2D eigenvalue weighted by Gasteiger charge is -2.22. The average molecular weight is 293 g/mol. The van der Waals surface area contributed by atoms with Gasteiger partial charge >= 0.3 is 0 Å². The molecule has 1 unspecified atom stereocenters. The summed E-state index contributed by atoms with van der Waals surface area (Å²) in [6, 6.07) is 5.66. The van der Waals surface area contributed by atoms with Gasteiger partial charge in [-0.3, -0.25) is 4.79 Å². The predicted molar refractivity (Wildman–Crippen MR) is 79.1 cm³/mol. The first-order chi connectivity index (χ1) is 9.63. The molecule has 20 heavy (non-hydrogen) atoms. The zero-order valence-corrected chi connectivity index (χ0v) is 12.1. The number of para-hydroxylation sites is 1. The fourth-order valence-corrected chi connectivity index (χ4v) is 3.10. The van der Waals surface area contributed by atoms with Gasteiger partial charge in [0.25, 0.3) is 5.91 Å². The van der Waals surface area contributed by atoms with Crippen molar-refractivity contribution in [1.29, 1.82) is 0 Å². The maximum absolute atomic E-state index is 12.7. The highest BCUT2D eigenvalue weighted by molar-refractivity contribution is 6.35. The van der Waals surface area contributed by atoms with Crippen molar-refractivity contribution in [3.05, 3.63) is 34.5 Å².